The van der Waals surface area contributed by atoms with Crippen molar-refractivity contribution in [2.45, 2.75) is 41.9 Å². The van der Waals surface area contributed by atoms with E-state index in [9.17, 15) is 9.59 Å². The number of hydrogen-bond donors (Lipinski definition) is 1. The number of aliphatic carboxylic acids is 1. The molecule has 1 aromatic rings. The highest BCUT2D eigenvalue weighted by Crippen LogP contribution is 2.38. The second-order valence-electron chi connectivity index (χ2n) is 5.34. The summed E-state index contributed by atoms with van der Waals surface area (Å²) in [5, 5.41) is 8.86. The molecular formula is C15H17NO3S. The molecule has 4 nitrogen and oxygen atoms in total. The number of benzene rings is 1. The van der Waals surface area contributed by atoms with Crippen molar-refractivity contribution in [3.63, 3.8) is 0 Å². The number of carboxylic acid groups (broad SMARTS) is 1. The summed E-state index contributed by atoms with van der Waals surface area (Å²) in [5.74, 6) is -0.716. The van der Waals surface area contributed by atoms with Crippen LogP contribution in [0.1, 0.15) is 24.8 Å². The lowest BCUT2D eigenvalue weighted by Crippen LogP contribution is -2.41. The topological polar surface area (TPSA) is 57.6 Å². The number of rotatable bonds is 3. The van der Waals surface area contributed by atoms with Crippen molar-refractivity contribution in [1.29, 1.82) is 0 Å². The van der Waals surface area contributed by atoms with Gasteiger partial charge >= 0.3 is 5.97 Å². The minimum Gasteiger partial charge on any atom is -0.481 e. The molecule has 2 aliphatic rings. The molecule has 0 radical (unpaired) electrons. The second kappa shape index (κ2) is 5.48. The normalized spacial score (nSPS) is 24.7. The van der Waals surface area contributed by atoms with Gasteiger partial charge in [0.15, 0.2) is 0 Å². The predicted octanol–water partition coefficient (Wildman–Crippen LogP) is 2.17. The van der Waals surface area contributed by atoms with E-state index < -0.39 is 5.97 Å². The summed E-state index contributed by atoms with van der Waals surface area (Å²) in [6, 6.07) is 7.97. The maximum absolute atomic E-state index is 12.6. The molecule has 1 aromatic carbocycles. The zero-order valence-electron chi connectivity index (χ0n) is 11.1. The first kappa shape index (κ1) is 13.5. The van der Waals surface area contributed by atoms with Gasteiger partial charge in [-0.25, -0.2) is 0 Å². The highest BCUT2D eigenvalue weighted by atomic mass is 32.2. The van der Waals surface area contributed by atoms with E-state index in [2.05, 4.69) is 6.07 Å². The number of fused-ring (bicyclic) bond motifs is 1. The van der Waals surface area contributed by atoms with E-state index in [1.165, 1.54) is 10.5 Å². The molecule has 20 heavy (non-hydrogen) atoms. The van der Waals surface area contributed by atoms with Crippen molar-refractivity contribution in [3.8, 4) is 0 Å². The molecule has 1 saturated heterocycles. The molecule has 0 aromatic heterocycles. The van der Waals surface area contributed by atoms with Gasteiger partial charge in [0.25, 0.3) is 0 Å². The maximum atomic E-state index is 12.6. The van der Waals surface area contributed by atoms with Crippen LogP contribution in [0.4, 0.5) is 0 Å². The highest BCUT2D eigenvalue weighted by molar-refractivity contribution is 8.01. The summed E-state index contributed by atoms with van der Waals surface area (Å²) in [5.41, 5.74) is 1.23. The molecule has 0 spiro atoms. The van der Waals surface area contributed by atoms with Crippen LogP contribution in [-0.2, 0) is 16.0 Å². The summed E-state index contributed by atoms with van der Waals surface area (Å²) in [4.78, 5) is 26.5. The Labute approximate surface area is 122 Å². The molecule has 1 amide bonds. The van der Waals surface area contributed by atoms with Crippen LogP contribution in [-0.4, -0.2) is 39.7 Å². The van der Waals surface area contributed by atoms with Crippen LogP contribution >= 0.6 is 11.8 Å². The van der Waals surface area contributed by atoms with Crippen LogP contribution in [0.15, 0.2) is 29.2 Å². The number of hydrogen-bond acceptors (Lipinski definition) is 3. The summed E-state index contributed by atoms with van der Waals surface area (Å²) < 4.78 is 0. The SMILES string of the molecule is O=C(O)CC1CCCN1C(=O)C1Cc2ccccc2S1. The third-order valence-corrected chi connectivity index (χ3v) is 5.30. The molecule has 1 fully saturated rings. The maximum Gasteiger partial charge on any atom is 0.305 e. The molecule has 2 unspecified atom stereocenters. The Bertz CT molecular complexity index is 521. The van der Waals surface area contributed by atoms with E-state index >= 15 is 0 Å². The first-order valence-electron chi connectivity index (χ1n) is 6.92. The Morgan fingerprint density at radius 2 is 2.15 bits per heavy atom. The van der Waals surface area contributed by atoms with E-state index in [4.69, 9.17) is 5.11 Å². The van der Waals surface area contributed by atoms with Gasteiger partial charge in [-0.2, -0.15) is 0 Å². The van der Waals surface area contributed by atoms with Gasteiger partial charge in [-0.3, -0.25) is 9.59 Å². The molecule has 5 heteroatoms. The number of carbonyl (C=O) groups is 2. The lowest BCUT2D eigenvalue weighted by atomic mass is 10.1. The summed E-state index contributed by atoms with van der Waals surface area (Å²) >= 11 is 1.61. The summed E-state index contributed by atoms with van der Waals surface area (Å²) in [6.07, 6.45) is 2.54. The first-order chi connectivity index (χ1) is 9.65. The standard InChI is InChI=1S/C15H17NO3S/c17-14(18)9-11-5-3-7-16(11)15(19)13-8-10-4-1-2-6-12(10)20-13/h1-2,4,6,11,13H,3,5,7-9H2,(H,17,18). The van der Waals surface area contributed by atoms with Crippen molar-refractivity contribution in [2.75, 3.05) is 6.54 Å². The number of amides is 1. The number of carboxylic acids is 1. The van der Waals surface area contributed by atoms with Gasteiger partial charge in [-0.05, 0) is 30.9 Å². The van der Waals surface area contributed by atoms with Crippen molar-refractivity contribution in [1.82, 2.24) is 4.90 Å². The van der Waals surface area contributed by atoms with Crippen LogP contribution in [0.3, 0.4) is 0 Å². The van der Waals surface area contributed by atoms with Crippen LogP contribution in [0.5, 0.6) is 0 Å². The largest absolute Gasteiger partial charge is 0.481 e. The molecule has 2 atom stereocenters. The van der Waals surface area contributed by atoms with Gasteiger partial charge in [0.05, 0.1) is 11.7 Å². The summed E-state index contributed by atoms with van der Waals surface area (Å²) in [7, 11) is 0. The van der Waals surface area contributed by atoms with Crippen molar-refractivity contribution < 1.29 is 14.7 Å². The van der Waals surface area contributed by atoms with Crippen molar-refractivity contribution in [3.05, 3.63) is 29.8 Å². The van der Waals surface area contributed by atoms with Gasteiger partial charge in [0.2, 0.25) is 5.91 Å². The third kappa shape index (κ3) is 2.54. The van der Waals surface area contributed by atoms with Gasteiger partial charge in [0.1, 0.15) is 0 Å². The van der Waals surface area contributed by atoms with E-state index in [0.29, 0.717) is 6.54 Å². The smallest absolute Gasteiger partial charge is 0.305 e. The Morgan fingerprint density at radius 1 is 1.35 bits per heavy atom. The van der Waals surface area contributed by atoms with Crippen LogP contribution in [0.25, 0.3) is 0 Å². The number of carbonyl (C=O) groups excluding carboxylic acids is 1. The lowest BCUT2D eigenvalue weighted by Gasteiger charge is -2.26. The van der Waals surface area contributed by atoms with E-state index in [1.54, 1.807) is 16.7 Å². The van der Waals surface area contributed by atoms with Crippen LogP contribution in [0.2, 0.25) is 0 Å². The molecule has 0 saturated carbocycles. The number of nitrogens with zero attached hydrogens (tertiary/aromatic N) is 1. The van der Waals surface area contributed by atoms with Crippen molar-refractivity contribution >= 4 is 23.6 Å². The minimum absolute atomic E-state index is 0.0656. The average molecular weight is 291 g/mol. The lowest BCUT2D eigenvalue weighted by molar-refractivity contribution is -0.139. The quantitative estimate of drug-likeness (QED) is 0.927. The van der Waals surface area contributed by atoms with Gasteiger partial charge in [-0.1, -0.05) is 18.2 Å². The number of thioether (sulfide) groups is 1. The molecule has 0 aliphatic carbocycles. The third-order valence-electron chi connectivity index (χ3n) is 3.99. The second-order valence-corrected chi connectivity index (χ2v) is 6.59. The molecule has 0 bridgehead atoms. The summed E-state index contributed by atoms with van der Waals surface area (Å²) in [6.45, 7) is 0.699. The zero-order chi connectivity index (χ0) is 14.1. The van der Waals surface area contributed by atoms with Crippen molar-refractivity contribution in [2.24, 2.45) is 0 Å². The van der Waals surface area contributed by atoms with Gasteiger partial charge in [-0.15, -0.1) is 11.8 Å². The Morgan fingerprint density at radius 3 is 2.90 bits per heavy atom. The predicted molar refractivity (Wildman–Crippen MR) is 76.8 cm³/mol. The number of likely N-dealkylation sites (tertiary alicyclic amines) is 1. The van der Waals surface area contributed by atoms with Crippen LogP contribution in [0, 0.1) is 0 Å². The molecule has 2 aliphatic heterocycles. The molecule has 3 rings (SSSR count). The van der Waals surface area contributed by atoms with E-state index in [-0.39, 0.29) is 23.6 Å². The Kier molecular flexibility index (Phi) is 3.70. The van der Waals surface area contributed by atoms with E-state index in [1.807, 2.05) is 18.2 Å². The Hall–Kier alpha value is -1.49. The monoisotopic (exact) mass is 291 g/mol. The molecular weight excluding hydrogens is 274 g/mol. The minimum atomic E-state index is -0.822. The molecule has 2 heterocycles. The first-order valence-corrected chi connectivity index (χ1v) is 7.80. The fourth-order valence-corrected chi connectivity index (χ4v) is 4.31. The fourth-order valence-electron chi connectivity index (χ4n) is 3.04. The van der Waals surface area contributed by atoms with E-state index in [0.717, 1.165) is 19.3 Å². The fraction of sp³-hybridized carbons (Fsp3) is 0.467. The molecule has 106 valence electrons. The molecule has 1 N–H and O–H groups in total. The zero-order valence-corrected chi connectivity index (χ0v) is 11.9. The Balaban J connectivity index is 1.69. The average Bonchev–Trinajstić information content (AvgIpc) is 3.03. The highest BCUT2D eigenvalue weighted by Gasteiger charge is 2.37. The van der Waals surface area contributed by atoms with Gasteiger partial charge < -0.3 is 10.0 Å². The van der Waals surface area contributed by atoms with Gasteiger partial charge in [0, 0.05) is 17.5 Å². The van der Waals surface area contributed by atoms with Crippen LogP contribution < -0.4 is 0 Å².